The van der Waals surface area contributed by atoms with Gasteiger partial charge in [0.05, 0.1) is 5.92 Å². The zero-order valence-electron chi connectivity index (χ0n) is 17.5. The number of esters is 1. The Morgan fingerprint density at radius 2 is 1.69 bits per heavy atom. The molecule has 2 nitrogen and oxygen atoms in total. The van der Waals surface area contributed by atoms with Crippen LogP contribution < -0.4 is 0 Å². The highest BCUT2D eigenvalue weighted by atomic mass is 16.6. The third kappa shape index (κ3) is 4.50. The molecule has 0 spiro atoms. The van der Waals surface area contributed by atoms with Gasteiger partial charge in [0.25, 0.3) is 0 Å². The normalized spacial score (nSPS) is 26.8. The lowest BCUT2D eigenvalue weighted by molar-refractivity contribution is -0.157. The van der Waals surface area contributed by atoms with Gasteiger partial charge in [0.2, 0.25) is 0 Å². The van der Waals surface area contributed by atoms with E-state index in [1.807, 2.05) is 20.8 Å². The van der Waals surface area contributed by atoms with Gasteiger partial charge in [-0.2, -0.15) is 0 Å². The van der Waals surface area contributed by atoms with Gasteiger partial charge < -0.3 is 4.74 Å². The number of ether oxygens (including phenoxy) is 1. The van der Waals surface area contributed by atoms with Crippen LogP contribution in [0.25, 0.3) is 0 Å². The first-order chi connectivity index (χ1) is 12.0. The number of hydrogen-bond acceptors (Lipinski definition) is 2. The highest BCUT2D eigenvalue weighted by Crippen LogP contribution is 2.51. The summed E-state index contributed by atoms with van der Waals surface area (Å²) < 4.78 is 5.80. The van der Waals surface area contributed by atoms with Gasteiger partial charge in [-0.3, -0.25) is 4.79 Å². The Kier molecular flexibility index (Phi) is 5.25. The summed E-state index contributed by atoms with van der Waals surface area (Å²) >= 11 is 0. The molecule has 0 heterocycles. The summed E-state index contributed by atoms with van der Waals surface area (Å²) in [5.41, 5.74) is 2.12. The van der Waals surface area contributed by atoms with Crippen LogP contribution in [0.1, 0.15) is 90.7 Å². The summed E-state index contributed by atoms with van der Waals surface area (Å²) in [4.78, 5) is 13.0. The molecule has 4 atom stereocenters. The predicted molar refractivity (Wildman–Crippen MR) is 107 cm³/mol. The molecule has 2 heteroatoms. The molecule has 0 amide bonds. The third-order valence-electron chi connectivity index (χ3n) is 6.29. The largest absolute Gasteiger partial charge is 0.459 e. The van der Waals surface area contributed by atoms with Crippen LogP contribution >= 0.6 is 0 Å². The van der Waals surface area contributed by atoms with Crippen molar-refractivity contribution in [3.8, 4) is 0 Å². The van der Waals surface area contributed by atoms with Crippen molar-refractivity contribution in [2.24, 2.45) is 17.8 Å². The average Bonchev–Trinajstić information content (AvgIpc) is 3.13. The summed E-state index contributed by atoms with van der Waals surface area (Å²) in [7, 11) is 0. The standard InChI is InChI=1S/C24H36O2/c1-23(2,3)20-11-9-17(10-12-20)21(22(25)26-24(4,5)6)15-19-14-16-7-8-18(19)13-16/h9-12,16,18-19,21H,7-8,13-15H2,1-6H3/t16-,18+,19?,21?/m0/s1. The quantitative estimate of drug-likeness (QED) is 0.597. The van der Waals surface area contributed by atoms with Crippen LogP contribution in [0.15, 0.2) is 24.3 Å². The van der Waals surface area contributed by atoms with Gasteiger partial charge in [0.15, 0.2) is 0 Å². The van der Waals surface area contributed by atoms with E-state index in [2.05, 4.69) is 45.0 Å². The van der Waals surface area contributed by atoms with Crippen LogP contribution in [0.2, 0.25) is 0 Å². The molecule has 2 bridgehead atoms. The lowest BCUT2D eigenvalue weighted by Crippen LogP contribution is -2.29. The lowest BCUT2D eigenvalue weighted by atomic mass is 9.79. The summed E-state index contributed by atoms with van der Waals surface area (Å²) in [5, 5.41) is 0. The van der Waals surface area contributed by atoms with E-state index in [1.165, 1.54) is 31.2 Å². The van der Waals surface area contributed by atoms with E-state index in [9.17, 15) is 4.79 Å². The lowest BCUT2D eigenvalue weighted by Gasteiger charge is -2.29. The molecular weight excluding hydrogens is 320 g/mol. The first-order valence-electron chi connectivity index (χ1n) is 10.4. The summed E-state index contributed by atoms with van der Waals surface area (Å²) in [6.45, 7) is 12.6. The van der Waals surface area contributed by atoms with Gasteiger partial charge in [-0.25, -0.2) is 0 Å². The van der Waals surface area contributed by atoms with Gasteiger partial charge in [-0.15, -0.1) is 0 Å². The van der Waals surface area contributed by atoms with Crippen LogP contribution in [-0.4, -0.2) is 11.6 Å². The molecule has 2 aliphatic rings. The Morgan fingerprint density at radius 1 is 1.04 bits per heavy atom. The number of rotatable bonds is 4. The molecule has 0 radical (unpaired) electrons. The average molecular weight is 357 g/mol. The highest BCUT2D eigenvalue weighted by Gasteiger charge is 2.42. The molecule has 0 N–H and O–H groups in total. The minimum absolute atomic E-state index is 0.0521. The van der Waals surface area contributed by atoms with Crippen molar-refractivity contribution in [3.05, 3.63) is 35.4 Å². The smallest absolute Gasteiger partial charge is 0.313 e. The number of fused-ring (bicyclic) bond motifs is 2. The van der Waals surface area contributed by atoms with Crippen LogP contribution in [-0.2, 0) is 14.9 Å². The number of carbonyl (C=O) groups is 1. The Morgan fingerprint density at radius 3 is 2.15 bits per heavy atom. The number of benzene rings is 1. The molecule has 2 unspecified atom stereocenters. The Bertz CT molecular complexity index is 630. The van der Waals surface area contributed by atoms with Gasteiger partial charge in [-0.05, 0) is 80.8 Å². The maximum absolute atomic E-state index is 13.0. The van der Waals surface area contributed by atoms with E-state index < -0.39 is 5.60 Å². The van der Waals surface area contributed by atoms with Gasteiger partial charge in [0, 0.05) is 0 Å². The zero-order valence-corrected chi connectivity index (χ0v) is 17.5. The third-order valence-corrected chi connectivity index (χ3v) is 6.29. The second-order valence-corrected chi connectivity index (χ2v) is 10.6. The molecule has 3 rings (SSSR count). The molecule has 2 fully saturated rings. The molecule has 2 aliphatic carbocycles. The fourth-order valence-corrected chi connectivity index (χ4v) is 4.92. The first-order valence-corrected chi connectivity index (χ1v) is 10.4. The van der Waals surface area contributed by atoms with Crippen LogP contribution in [0.3, 0.4) is 0 Å². The summed E-state index contributed by atoms with van der Waals surface area (Å²) in [6.07, 6.45) is 6.40. The predicted octanol–water partition coefficient (Wildman–Crippen LogP) is 6.24. The Hall–Kier alpha value is -1.31. The molecule has 1 aromatic rings. The molecule has 0 aliphatic heterocycles. The molecule has 144 valence electrons. The van der Waals surface area contributed by atoms with Gasteiger partial charge in [-0.1, -0.05) is 51.5 Å². The van der Waals surface area contributed by atoms with E-state index in [4.69, 9.17) is 4.74 Å². The number of hydrogen-bond donors (Lipinski definition) is 0. The number of carbonyl (C=O) groups excluding carboxylic acids is 1. The SMILES string of the molecule is CC(C)(C)OC(=O)C(CC1C[C@H]2CC[C@@H]1C2)c1ccc(C(C)(C)C)cc1. The van der Waals surface area contributed by atoms with Crippen molar-refractivity contribution >= 4 is 5.97 Å². The van der Waals surface area contributed by atoms with Crippen molar-refractivity contribution in [1.29, 1.82) is 0 Å². The van der Waals surface area contributed by atoms with Crippen LogP contribution in [0.5, 0.6) is 0 Å². The van der Waals surface area contributed by atoms with Crippen molar-refractivity contribution < 1.29 is 9.53 Å². The minimum atomic E-state index is -0.435. The fourth-order valence-electron chi connectivity index (χ4n) is 4.92. The Balaban J connectivity index is 1.81. The van der Waals surface area contributed by atoms with Crippen molar-refractivity contribution in [2.75, 3.05) is 0 Å². The van der Waals surface area contributed by atoms with Gasteiger partial charge >= 0.3 is 5.97 Å². The monoisotopic (exact) mass is 356 g/mol. The maximum atomic E-state index is 13.0. The molecule has 2 saturated carbocycles. The molecular formula is C24H36O2. The summed E-state index contributed by atoms with van der Waals surface area (Å²) in [6, 6.07) is 8.69. The molecule has 1 aromatic carbocycles. The molecule has 26 heavy (non-hydrogen) atoms. The van der Waals surface area contributed by atoms with Crippen molar-refractivity contribution in [1.82, 2.24) is 0 Å². The van der Waals surface area contributed by atoms with Crippen LogP contribution in [0, 0.1) is 17.8 Å². The van der Waals surface area contributed by atoms with E-state index in [-0.39, 0.29) is 17.3 Å². The second kappa shape index (κ2) is 7.02. The van der Waals surface area contributed by atoms with Crippen molar-refractivity contribution in [3.63, 3.8) is 0 Å². The fraction of sp³-hybridized carbons (Fsp3) is 0.708. The molecule has 0 aromatic heterocycles. The first kappa shape index (κ1) is 19.5. The van der Waals surface area contributed by atoms with Crippen molar-refractivity contribution in [2.45, 2.75) is 90.6 Å². The van der Waals surface area contributed by atoms with Crippen LogP contribution in [0.4, 0.5) is 0 Å². The minimum Gasteiger partial charge on any atom is -0.459 e. The van der Waals surface area contributed by atoms with Gasteiger partial charge in [0.1, 0.15) is 5.60 Å². The van der Waals surface area contributed by atoms with E-state index >= 15 is 0 Å². The highest BCUT2D eigenvalue weighted by molar-refractivity contribution is 5.78. The maximum Gasteiger partial charge on any atom is 0.313 e. The van der Waals surface area contributed by atoms with E-state index in [0.29, 0.717) is 5.92 Å². The van der Waals surface area contributed by atoms with E-state index in [0.717, 1.165) is 23.8 Å². The second-order valence-electron chi connectivity index (χ2n) is 10.6. The topological polar surface area (TPSA) is 26.3 Å². The summed E-state index contributed by atoms with van der Waals surface area (Å²) in [5.74, 6) is 2.25. The molecule has 0 saturated heterocycles. The Labute approximate surface area is 159 Å². The zero-order chi connectivity index (χ0) is 19.1. The van der Waals surface area contributed by atoms with E-state index in [1.54, 1.807) is 0 Å².